The van der Waals surface area contributed by atoms with Crippen molar-refractivity contribution < 1.29 is 5.11 Å². The van der Waals surface area contributed by atoms with Gasteiger partial charge in [-0.05, 0) is 53.4 Å². The smallest absolute Gasteiger partial charge is 0.0827 e. The first-order chi connectivity index (χ1) is 10.2. The fraction of sp³-hybridized carbons (Fsp3) is 0.400. The van der Waals surface area contributed by atoms with Crippen LogP contribution in [0.5, 0.6) is 0 Å². The predicted octanol–water partition coefficient (Wildman–Crippen LogP) is 4.65. The third kappa shape index (κ3) is 2.89. The van der Waals surface area contributed by atoms with Gasteiger partial charge in [0.25, 0.3) is 0 Å². The number of aryl methyl sites for hydroxylation is 2. The lowest BCUT2D eigenvalue weighted by atomic mass is 9.93. The highest BCUT2D eigenvalue weighted by Crippen LogP contribution is 2.54. The van der Waals surface area contributed by atoms with E-state index in [-0.39, 0.29) is 6.10 Å². The van der Waals surface area contributed by atoms with Crippen LogP contribution in [0.1, 0.15) is 54.5 Å². The summed E-state index contributed by atoms with van der Waals surface area (Å²) < 4.78 is 0. The van der Waals surface area contributed by atoms with Crippen molar-refractivity contribution in [3.05, 3.63) is 70.8 Å². The molecule has 3 rings (SSSR count). The molecule has 3 atom stereocenters. The molecule has 1 fully saturated rings. The Labute approximate surface area is 127 Å². The largest absolute Gasteiger partial charge is 0.388 e. The van der Waals surface area contributed by atoms with Gasteiger partial charge in [-0.15, -0.1) is 0 Å². The second-order valence-electron chi connectivity index (χ2n) is 6.10. The van der Waals surface area contributed by atoms with Gasteiger partial charge in [0.05, 0.1) is 6.10 Å². The van der Waals surface area contributed by atoms with E-state index in [4.69, 9.17) is 0 Å². The fourth-order valence-electron chi connectivity index (χ4n) is 3.34. The predicted molar refractivity (Wildman–Crippen MR) is 87.4 cm³/mol. The molecule has 0 bridgehead atoms. The number of benzene rings is 2. The van der Waals surface area contributed by atoms with Gasteiger partial charge in [-0.1, -0.05) is 62.4 Å². The van der Waals surface area contributed by atoms with Crippen molar-refractivity contribution in [2.24, 2.45) is 5.92 Å². The lowest BCUT2D eigenvalue weighted by molar-refractivity contribution is 0.150. The van der Waals surface area contributed by atoms with Gasteiger partial charge in [-0.2, -0.15) is 0 Å². The van der Waals surface area contributed by atoms with Gasteiger partial charge in [0.15, 0.2) is 0 Å². The maximum Gasteiger partial charge on any atom is 0.0827 e. The molecule has 110 valence electrons. The summed E-state index contributed by atoms with van der Waals surface area (Å²) >= 11 is 0. The molecule has 0 aliphatic heterocycles. The third-order valence-electron chi connectivity index (χ3n) is 4.79. The molecular formula is C20H24O. The summed E-state index contributed by atoms with van der Waals surface area (Å²) in [5.41, 5.74) is 5.13. The summed E-state index contributed by atoms with van der Waals surface area (Å²) in [5, 5.41) is 10.8. The molecule has 3 unspecified atom stereocenters. The van der Waals surface area contributed by atoms with Crippen molar-refractivity contribution in [2.45, 2.75) is 45.1 Å². The molecule has 2 aromatic rings. The molecule has 0 radical (unpaired) electrons. The van der Waals surface area contributed by atoms with Gasteiger partial charge in [0, 0.05) is 0 Å². The number of rotatable bonds is 5. The van der Waals surface area contributed by atoms with Crippen LogP contribution in [0, 0.1) is 5.92 Å². The first-order valence-electron chi connectivity index (χ1n) is 8.09. The van der Waals surface area contributed by atoms with Crippen molar-refractivity contribution in [3.63, 3.8) is 0 Å². The van der Waals surface area contributed by atoms with E-state index >= 15 is 0 Å². The van der Waals surface area contributed by atoms with Gasteiger partial charge in [-0.25, -0.2) is 0 Å². The maximum absolute atomic E-state index is 10.8. The van der Waals surface area contributed by atoms with Crippen LogP contribution < -0.4 is 0 Å². The van der Waals surface area contributed by atoms with Crippen molar-refractivity contribution in [1.82, 2.24) is 0 Å². The van der Waals surface area contributed by atoms with Gasteiger partial charge >= 0.3 is 0 Å². The fourth-order valence-corrected chi connectivity index (χ4v) is 3.34. The van der Waals surface area contributed by atoms with E-state index in [1.165, 1.54) is 16.7 Å². The van der Waals surface area contributed by atoms with Crippen molar-refractivity contribution >= 4 is 0 Å². The zero-order valence-electron chi connectivity index (χ0n) is 12.9. The average molecular weight is 280 g/mol. The molecule has 1 nitrogen and oxygen atoms in total. The summed E-state index contributed by atoms with van der Waals surface area (Å²) in [4.78, 5) is 0. The maximum atomic E-state index is 10.8. The Bertz CT molecular complexity index is 602. The molecular weight excluding hydrogens is 256 g/mol. The summed E-state index contributed by atoms with van der Waals surface area (Å²) in [6, 6.07) is 17.2. The number of hydrogen-bond donors (Lipinski definition) is 1. The zero-order chi connectivity index (χ0) is 14.8. The second kappa shape index (κ2) is 6.03. The highest BCUT2D eigenvalue weighted by Gasteiger charge is 2.44. The third-order valence-corrected chi connectivity index (χ3v) is 4.79. The number of aliphatic hydroxyl groups is 1. The molecule has 0 saturated heterocycles. The van der Waals surface area contributed by atoms with Crippen LogP contribution in [0.4, 0.5) is 0 Å². The molecule has 1 aliphatic rings. The Hall–Kier alpha value is -1.60. The van der Waals surface area contributed by atoms with Crippen molar-refractivity contribution in [3.8, 4) is 0 Å². The van der Waals surface area contributed by atoms with Crippen molar-refractivity contribution in [2.75, 3.05) is 0 Å². The Kier molecular flexibility index (Phi) is 4.12. The van der Waals surface area contributed by atoms with E-state index in [0.717, 1.165) is 24.8 Å². The number of aliphatic hydroxyl groups excluding tert-OH is 1. The summed E-state index contributed by atoms with van der Waals surface area (Å²) in [7, 11) is 0. The Morgan fingerprint density at radius 1 is 1.05 bits per heavy atom. The van der Waals surface area contributed by atoms with E-state index in [1.807, 2.05) is 0 Å². The Morgan fingerprint density at radius 3 is 2.48 bits per heavy atom. The molecule has 2 aromatic carbocycles. The van der Waals surface area contributed by atoms with E-state index in [2.05, 4.69) is 62.4 Å². The monoisotopic (exact) mass is 280 g/mol. The molecule has 1 saturated carbocycles. The normalized spacial score (nSPS) is 22.0. The van der Waals surface area contributed by atoms with E-state index in [0.29, 0.717) is 11.8 Å². The van der Waals surface area contributed by atoms with E-state index < -0.39 is 0 Å². The van der Waals surface area contributed by atoms with E-state index in [1.54, 1.807) is 0 Å². The SMILES string of the molecule is CCc1ccc(CC)c(C(O)C2CC2c2ccccc2)c1. The average Bonchev–Trinajstić information content (AvgIpc) is 3.35. The van der Waals surface area contributed by atoms with Gasteiger partial charge < -0.3 is 5.11 Å². The van der Waals surface area contributed by atoms with Crippen molar-refractivity contribution in [1.29, 1.82) is 0 Å². The molecule has 1 heteroatoms. The van der Waals surface area contributed by atoms with Crippen LogP contribution in [-0.4, -0.2) is 5.11 Å². The lowest BCUT2D eigenvalue weighted by Gasteiger charge is -2.16. The van der Waals surface area contributed by atoms with Crippen LogP contribution in [0.2, 0.25) is 0 Å². The number of hydrogen-bond acceptors (Lipinski definition) is 1. The van der Waals surface area contributed by atoms with Crippen LogP contribution >= 0.6 is 0 Å². The molecule has 21 heavy (non-hydrogen) atoms. The summed E-state index contributed by atoms with van der Waals surface area (Å²) in [6.07, 6.45) is 2.79. The Balaban J connectivity index is 1.82. The molecule has 0 amide bonds. The lowest BCUT2D eigenvalue weighted by Crippen LogP contribution is -2.06. The van der Waals surface area contributed by atoms with Gasteiger partial charge in [0.1, 0.15) is 0 Å². The topological polar surface area (TPSA) is 20.2 Å². The molecule has 0 spiro atoms. The summed E-state index contributed by atoms with van der Waals surface area (Å²) in [5.74, 6) is 0.904. The molecule has 0 heterocycles. The minimum Gasteiger partial charge on any atom is -0.388 e. The highest BCUT2D eigenvalue weighted by atomic mass is 16.3. The van der Waals surface area contributed by atoms with Crippen LogP contribution in [0.25, 0.3) is 0 Å². The van der Waals surface area contributed by atoms with Crippen LogP contribution in [0.3, 0.4) is 0 Å². The molecule has 1 aliphatic carbocycles. The highest BCUT2D eigenvalue weighted by molar-refractivity contribution is 5.37. The van der Waals surface area contributed by atoms with Gasteiger partial charge in [0.2, 0.25) is 0 Å². The Morgan fingerprint density at radius 2 is 1.81 bits per heavy atom. The standard InChI is InChI=1S/C20H24O/c1-3-14-10-11-15(4-2)18(12-14)20(21)19-13-17(19)16-8-6-5-7-9-16/h5-12,17,19-21H,3-4,13H2,1-2H3. The quantitative estimate of drug-likeness (QED) is 0.845. The first kappa shape index (κ1) is 14.3. The van der Waals surface area contributed by atoms with E-state index in [9.17, 15) is 5.11 Å². The first-order valence-corrected chi connectivity index (χ1v) is 8.09. The minimum atomic E-state index is -0.323. The second-order valence-corrected chi connectivity index (χ2v) is 6.10. The zero-order valence-corrected chi connectivity index (χ0v) is 12.9. The van der Waals surface area contributed by atoms with Crippen LogP contribution in [0.15, 0.2) is 48.5 Å². The molecule has 1 N–H and O–H groups in total. The molecule has 0 aromatic heterocycles. The van der Waals surface area contributed by atoms with Gasteiger partial charge in [-0.3, -0.25) is 0 Å². The minimum absolute atomic E-state index is 0.323. The summed E-state index contributed by atoms with van der Waals surface area (Å²) in [6.45, 7) is 4.33. The van der Waals surface area contributed by atoms with Crippen LogP contribution in [-0.2, 0) is 12.8 Å².